The number of hydrogen-bond donors (Lipinski definition) is 1. The lowest BCUT2D eigenvalue weighted by Crippen LogP contribution is -2.42. The van der Waals surface area contributed by atoms with Crippen molar-refractivity contribution in [1.29, 1.82) is 0 Å². The fraction of sp³-hybridized carbons (Fsp3) is 0.462. The third-order valence-corrected chi connectivity index (χ3v) is 2.83. The van der Waals surface area contributed by atoms with Crippen LogP contribution in [0.2, 0.25) is 5.02 Å². The molecule has 1 aromatic heterocycles. The molecule has 4 heteroatoms. The molecular weight excluding hydrogens is 236 g/mol. The molecule has 0 aliphatic carbocycles. The molecule has 0 saturated carbocycles. The Morgan fingerprint density at radius 2 is 2.18 bits per heavy atom. The summed E-state index contributed by atoms with van der Waals surface area (Å²) in [4.78, 5) is 6.41. The van der Waals surface area contributed by atoms with Crippen molar-refractivity contribution < 1.29 is 5.11 Å². The van der Waals surface area contributed by atoms with Gasteiger partial charge in [0.1, 0.15) is 5.82 Å². The lowest BCUT2D eigenvalue weighted by Gasteiger charge is -2.36. The third-order valence-electron chi connectivity index (χ3n) is 2.49. The highest BCUT2D eigenvalue weighted by Gasteiger charge is 2.22. The minimum atomic E-state index is -0.0829. The number of aromatic nitrogens is 1. The first-order chi connectivity index (χ1) is 7.90. The van der Waals surface area contributed by atoms with Crippen LogP contribution in [0.15, 0.2) is 24.9 Å². The maximum Gasteiger partial charge on any atom is 0.129 e. The van der Waals surface area contributed by atoms with E-state index in [1.807, 2.05) is 12.1 Å². The quantitative estimate of drug-likeness (QED) is 0.839. The van der Waals surface area contributed by atoms with E-state index in [1.54, 1.807) is 6.20 Å². The normalized spacial score (nSPS) is 11.4. The van der Waals surface area contributed by atoms with Crippen molar-refractivity contribution in [2.75, 3.05) is 11.4 Å². The zero-order chi connectivity index (χ0) is 13.1. The molecule has 0 aliphatic rings. The van der Waals surface area contributed by atoms with E-state index in [-0.39, 0.29) is 12.1 Å². The molecule has 0 amide bonds. The molecular formula is C13H19ClN2O. The van der Waals surface area contributed by atoms with E-state index >= 15 is 0 Å². The average Bonchev–Trinajstić information content (AvgIpc) is 2.25. The van der Waals surface area contributed by atoms with Gasteiger partial charge in [-0.1, -0.05) is 17.7 Å². The number of rotatable bonds is 4. The van der Waals surface area contributed by atoms with Gasteiger partial charge in [0, 0.05) is 23.8 Å². The Labute approximate surface area is 108 Å². The van der Waals surface area contributed by atoms with Crippen molar-refractivity contribution in [3.05, 3.63) is 35.5 Å². The zero-order valence-corrected chi connectivity index (χ0v) is 11.3. The number of aliphatic hydroxyl groups is 1. The molecule has 17 heavy (non-hydrogen) atoms. The highest BCUT2D eigenvalue weighted by atomic mass is 35.5. The van der Waals surface area contributed by atoms with Crippen LogP contribution >= 0.6 is 11.6 Å². The molecule has 3 nitrogen and oxygen atoms in total. The predicted molar refractivity (Wildman–Crippen MR) is 72.5 cm³/mol. The summed E-state index contributed by atoms with van der Waals surface area (Å²) in [5, 5.41) is 9.70. The van der Waals surface area contributed by atoms with Gasteiger partial charge in [0.15, 0.2) is 0 Å². The van der Waals surface area contributed by atoms with Crippen LogP contribution in [-0.4, -0.2) is 22.2 Å². The van der Waals surface area contributed by atoms with Crippen LogP contribution in [0.3, 0.4) is 0 Å². The van der Waals surface area contributed by atoms with Crippen molar-refractivity contribution in [1.82, 2.24) is 4.98 Å². The molecule has 1 heterocycles. The summed E-state index contributed by atoms with van der Waals surface area (Å²) in [6, 6.07) is 1.82. The van der Waals surface area contributed by atoms with Gasteiger partial charge in [-0.05, 0) is 26.8 Å². The molecule has 1 rings (SSSR count). The average molecular weight is 255 g/mol. The summed E-state index contributed by atoms with van der Waals surface area (Å²) < 4.78 is 0. The molecule has 94 valence electrons. The van der Waals surface area contributed by atoms with Crippen LogP contribution in [0.5, 0.6) is 0 Å². The Balaban J connectivity index is 3.15. The minimum absolute atomic E-state index is 0.0677. The van der Waals surface area contributed by atoms with Crippen LogP contribution in [0.25, 0.3) is 0 Å². The molecule has 0 saturated heterocycles. The molecule has 0 atom stereocenters. The van der Waals surface area contributed by atoms with Gasteiger partial charge in [0.05, 0.1) is 11.6 Å². The van der Waals surface area contributed by atoms with Crippen LogP contribution in [-0.2, 0) is 6.61 Å². The molecule has 1 aromatic rings. The number of halogens is 1. The van der Waals surface area contributed by atoms with Gasteiger partial charge in [-0.15, -0.1) is 6.58 Å². The monoisotopic (exact) mass is 254 g/mol. The molecule has 0 fully saturated rings. The molecule has 0 bridgehead atoms. The molecule has 0 unspecified atom stereocenters. The summed E-state index contributed by atoms with van der Waals surface area (Å²) in [7, 11) is 0. The molecule has 0 spiro atoms. The number of anilines is 1. The number of nitrogens with zero attached hydrogens (tertiary/aromatic N) is 2. The maximum absolute atomic E-state index is 9.21. The molecule has 0 aliphatic heterocycles. The van der Waals surface area contributed by atoms with Gasteiger partial charge in [-0.25, -0.2) is 4.98 Å². The second kappa shape index (κ2) is 5.52. The Morgan fingerprint density at radius 1 is 1.53 bits per heavy atom. The molecule has 1 N–H and O–H groups in total. The summed E-state index contributed by atoms with van der Waals surface area (Å²) in [6.45, 7) is 10.7. The van der Waals surface area contributed by atoms with Gasteiger partial charge in [0.25, 0.3) is 0 Å². The Kier molecular flexibility index (Phi) is 4.54. The Bertz CT molecular complexity index is 399. The van der Waals surface area contributed by atoms with Gasteiger partial charge in [0.2, 0.25) is 0 Å². The number of aliphatic hydroxyl groups excluding tert-OH is 1. The largest absolute Gasteiger partial charge is 0.392 e. The first-order valence-electron chi connectivity index (χ1n) is 5.54. The smallest absolute Gasteiger partial charge is 0.129 e. The third kappa shape index (κ3) is 3.45. The highest BCUT2D eigenvalue weighted by Crippen LogP contribution is 2.25. The zero-order valence-electron chi connectivity index (χ0n) is 10.6. The van der Waals surface area contributed by atoms with Crippen molar-refractivity contribution >= 4 is 17.4 Å². The Morgan fingerprint density at radius 3 is 2.65 bits per heavy atom. The van der Waals surface area contributed by atoms with E-state index in [9.17, 15) is 5.11 Å². The van der Waals surface area contributed by atoms with Crippen molar-refractivity contribution in [3.63, 3.8) is 0 Å². The van der Waals surface area contributed by atoms with E-state index in [0.717, 1.165) is 5.82 Å². The number of hydrogen-bond acceptors (Lipinski definition) is 3. The van der Waals surface area contributed by atoms with E-state index in [4.69, 9.17) is 11.6 Å². The Hall–Kier alpha value is -1.06. The summed E-state index contributed by atoms with van der Waals surface area (Å²) in [5.74, 6) is 0.797. The fourth-order valence-corrected chi connectivity index (χ4v) is 1.74. The van der Waals surface area contributed by atoms with Crippen molar-refractivity contribution in [3.8, 4) is 0 Å². The predicted octanol–water partition coefficient (Wildman–Crippen LogP) is 3.02. The summed E-state index contributed by atoms with van der Waals surface area (Å²) >= 11 is 5.93. The maximum atomic E-state index is 9.21. The first kappa shape index (κ1) is 14.0. The van der Waals surface area contributed by atoms with Crippen LogP contribution in [0, 0.1) is 0 Å². The van der Waals surface area contributed by atoms with Gasteiger partial charge in [-0.3, -0.25) is 0 Å². The topological polar surface area (TPSA) is 36.4 Å². The lowest BCUT2D eigenvalue weighted by molar-refractivity contribution is 0.282. The lowest BCUT2D eigenvalue weighted by atomic mass is 10.1. The van der Waals surface area contributed by atoms with Crippen molar-refractivity contribution in [2.45, 2.75) is 32.9 Å². The van der Waals surface area contributed by atoms with Crippen LogP contribution in [0.1, 0.15) is 26.3 Å². The first-order valence-corrected chi connectivity index (χ1v) is 5.91. The molecule has 0 radical (unpaired) electrons. The number of pyridine rings is 1. The second-order valence-corrected chi connectivity index (χ2v) is 5.27. The summed E-state index contributed by atoms with van der Waals surface area (Å²) in [5.41, 5.74) is 0.622. The van der Waals surface area contributed by atoms with Crippen LogP contribution < -0.4 is 4.90 Å². The SMILES string of the molecule is C=CCN(c1cc(CO)c(Cl)cn1)C(C)(C)C. The highest BCUT2D eigenvalue weighted by molar-refractivity contribution is 6.31. The molecule has 0 aromatic carbocycles. The van der Waals surface area contributed by atoms with Crippen LogP contribution in [0.4, 0.5) is 5.82 Å². The van der Waals surface area contributed by atoms with Gasteiger partial charge in [-0.2, -0.15) is 0 Å². The summed E-state index contributed by atoms with van der Waals surface area (Å²) in [6.07, 6.45) is 3.41. The van der Waals surface area contributed by atoms with E-state index in [0.29, 0.717) is 17.1 Å². The van der Waals surface area contributed by atoms with Gasteiger partial charge < -0.3 is 10.0 Å². The second-order valence-electron chi connectivity index (χ2n) is 4.86. The van der Waals surface area contributed by atoms with E-state index in [2.05, 4.69) is 37.2 Å². The minimum Gasteiger partial charge on any atom is -0.392 e. The standard InChI is InChI=1S/C13H19ClN2O/c1-5-6-16(13(2,3)4)12-7-10(9-17)11(14)8-15-12/h5,7-8,17H,1,6,9H2,2-4H3. The van der Waals surface area contributed by atoms with Crippen molar-refractivity contribution in [2.24, 2.45) is 0 Å². The van der Waals surface area contributed by atoms with E-state index < -0.39 is 0 Å². The van der Waals surface area contributed by atoms with Gasteiger partial charge >= 0.3 is 0 Å². The van der Waals surface area contributed by atoms with E-state index in [1.165, 1.54) is 0 Å². The fourth-order valence-electron chi connectivity index (χ4n) is 1.58.